The van der Waals surface area contributed by atoms with Crippen molar-refractivity contribution in [2.45, 2.75) is 89.8 Å². The van der Waals surface area contributed by atoms with Crippen LogP contribution >= 0.6 is 23.2 Å². The van der Waals surface area contributed by atoms with Gasteiger partial charge < -0.3 is 23.7 Å². The van der Waals surface area contributed by atoms with Crippen molar-refractivity contribution >= 4 is 41.1 Å². The number of benzene rings is 2. The molecular formula is C34H42Cl2O8. The molecule has 1 fully saturated rings. The van der Waals surface area contributed by atoms with Gasteiger partial charge >= 0.3 is 17.9 Å². The van der Waals surface area contributed by atoms with E-state index in [0.29, 0.717) is 67.6 Å². The van der Waals surface area contributed by atoms with Crippen LogP contribution in [0.5, 0.6) is 11.5 Å². The van der Waals surface area contributed by atoms with Crippen LogP contribution in [0.3, 0.4) is 0 Å². The van der Waals surface area contributed by atoms with E-state index in [1.54, 1.807) is 36.4 Å². The number of ether oxygens (including phenoxy) is 5. The van der Waals surface area contributed by atoms with Gasteiger partial charge in [0.05, 0.1) is 41.0 Å². The number of halogens is 2. The van der Waals surface area contributed by atoms with Crippen LogP contribution in [0, 0.1) is 0 Å². The standard InChI is InChI=1S/C34H42Cl2O8/c1-3-5-8-19-40-26-15-17-28(30(35)22-26)33(38)43-24-11-13-25(14-12-24)44-34(39)29-18-16-27(23-31(29)36)41-20-9-6-7-10-21-42-32(37)4-2/h4,15-18,22-25H,2-3,5-14,19-21H2,1H3. The van der Waals surface area contributed by atoms with E-state index in [0.717, 1.165) is 51.0 Å². The number of hydrogen-bond acceptors (Lipinski definition) is 8. The fraction of sp³-hybridized carbons (Fsp3) is 0.500. The molecule has 1 saturated carbocycles. The minimum atomic E-state index is -0.497. The molecule has 0 unspecified atom stereocenters. The summed E-state index contributed by atoms with van der Waals surface area (Å²) in [5, 5.41) is 0.549. The minimum absolute atomic E-state index is 0.258. The van der Waals surface area contributed by atoms with Crippen molar-refractivity contribution in [1.29, 1.82) is 0 Å². The molecule has 1 aliphatic carbocycles. The van der Waals surface area contributed by atoms with E-state index in [9.17, 15) is 14.4 Å². The molecule has 0 N–H and O–H groups in total. The average molecular weight is 650 g/mol. The molecule has 8 nitrogen and oxygen atoms in total. The van der Waals surface area contributed by atoms with Crippen LogP contribution in [-0.2, 0) is 19.0 Å². The summed E-state index contributed by atoms with van der Waals surface area (Å²) in [4.78, 5) is 36.6. The predicted octanol–water partition coefficient (Wildman–Crippen LogP) is 8.56. The van der Waals surface area contributed by atoms with Crippen molar-refractivity contribution in [2.24, 2.45) is 0 Å². The maximum Gasteiger partial charge on any atom is 0.339 e. The number of carbonyl (C=O) groups excluding carboxylic acids is 3. The molecule has 2 aromatic carbocycles. The van der Waals surface area contributed by atoms with Gasteiger partial charge in [0.15, 0.2) is 0 Å². The van der Waals surface area contributed by atoms with Crippen molar-refractivity contribution in [3.63, 3.8) is 0 Å². The van der Waals surface area contributed by atoms with Gasteiger partial charge in [0.2, 0.25) is 0 Å². The SMILES string of the molecule is C=CC(=O)OCCCCCCOc1ccc(C(=O)OC2CCC(OC(=O)c3ccc(OCCCCC)cc3Cl)CC2)c(Cl)c1. The summed E-state index contributed by atoms with van der Waals surface area (Å²) >= 11 is 12.7. The van der Waals surface area contributed by atoms with Crippen LogP contribution in [0.2, 0.25) is 10.0 Å². The Morgan fingerprint density at radius 3 is 1.61 bits per heavy atom. The highest BCUT2D eigenvalue weighted by molar-refractivity contribution is 6.34. The van der Waals surface area contributed by atoms with E-state index in [2.05, 4.69) is 13.5 Å². The van der Waals surface area contributed by atoms with Gasteiger partial charge in [-0.1, -0.05) is 49.5 Å². The van der Waals surface area contributed by atoms with Gasteiger partial charge in [-0.3, -0.25) is 0 Å². The number of unbranched alkanes of at least 4 members (excludes halogenated alkanes) is 5. The van der Waals surface area contributed by atoms with Crippen LogP contribution in [0.1, 0.15) is 98.3 Å². The van der Waals surface area contributed by atoms with Gasteiger partial charge in [0, 0.05) is 6.08 Å². The van der Waals surface area contributed by atoms with E-state index in [-0.39, 0.29) is 22.8 Å². The summed E-state index contributed by atoms with van der Waals surface area (Å²) in [5.41, 5.74) is 0.570. The molecule has 0 atom stereocenters. The molecule has 1 aliphatic rings. The summed E-state index contributed by atoms with van der Waals surface area (Å²) < 4.78 is 27.8. The Balaban J connectivity index is 1.35. The smallest absolute Gasteiger partial charge is 0.339 e. The number of rotatable bonds is 18. The van der Waals surface area contributed by atoms with Gasteiger partial charge in [0.1, 0.15) is 23.7 Å². The first-order valence-corrected chi connectivity index (χ1v) is 16.1. The lowest BCUT2D eigenvalue weighted by Crippen LogP contribution is -2.30. The average Bonchev–Trinajstić information content (AvgIpc) is 3.01. The second-order valence-corrected chi connectivity index (χ2v) is 11.5. The maximum atomic E-state index is 12.8. The van der Waals surface area contributed by atoms with Crippen molar-refractivity contribution in [1.82, 2.24) is 0 Å². The van der Waals surface area contributed by atoms with Crippen molar-refractivity contribution in [3.8, 4) is 11.5 Å². The Morgan fingerprint density at radius 2 is 1.18 bits per heavy atom. The van der Waals surface area contributed by atoms with Crippen molar-refractivity contribution < 1.29 is 38.1 Å². The molecule has 0 amide bonds. The molecule has 0 aliphatic heterocycles. The Kier molecular flexibility index (Phi) is 15.4. The Bertz CT molecular complexity index is 1240. The lowest BCUT2D eigenvalue weighted by atomic mass is 9.95. The summed E-state index contributed by atoms with van der Waals surface area (Å²) in [5.74, 6) is -0.184. The third-order valence-corrected chi connectivity index (χ3v) is 7.85. The van der Waals surface area contributed by atoms with Gasteiger partial charge in [0.25, 0.3) is 0 Å². The molecule has 44 heavy (non-hydrogen) atoms. The highest BCUT2D eigenvalue weighted by atomic mass is 35.5. The first kappa shape index (κ1) is 35.3. The first-order valence-electron chi connectivity index (χ1n) is 15.4. The highest BCUT2D eigenvalue weighted by Gasteiger charge is 2.28. The zero-order chi connectivity index (χ0) is 31.7. The number of carbonyl (C=O) groups is 3. The highest BCUT2D eigenvalue weighted by Crippen LogP contribution is 2.29. The summed E-state index contributed by atoms with van der Waals surface area (Å²) in [6.45, 7) is 6.99. The van der Waals surface area contributed by atoms with E-state index in [1.807, 2.05) is 0 Å². The minimum Gasteiger partial charge on any atom is -0.494 e. The van der Waals surface area contributed by atoms with Crippen LogP contribution in [0.25, 0.3) is 0 Å². The van der Waals surface area contributed by atoms with E-state index >= 15 is 0 Å². The van der Waals surface area contributed by atoms with Gasteiger partial charge in [-0.05, 0) is 94.2 Å². The Hall–Kier alpha value is -3.23. The van der Waals surface area contributed by atoms with Gasteiger partial charge in [-0.15, -0.1) is 0 Å². The Morgan fingerprint density at radius 1 is 0.727 bits per heavy atom. The van der Waals surface area contributed by atoms with E-state index in [1.165, 1.54) is 0 Å². The quantitative estimate of drug-likeness (QED) is 0.0686. The molecular weight excluding hydrogens is 607 g/mol. The molecule has 0 heterocycles. The number of esters is 3. The van der Waals surface area contributed by atoms with E-state index < -0.39 is 17.9 Å². The van der Waals surface area contributed by atoms with Crippen LogP contribution in [0.4, 0.5) is 0 Å². The van der Waals surface area contributed by atoms with Crippen molar-refractivity contribution in [2.75, 3.05) is 19.8 Å². The lowest BCUT2D eigenvalue weighted by Gasteiger charge is -2.28. The second-order valence-electron chi connectivity index (χ2n) is 10.7. The third kappa shape index (κ3) is 12.0. The molecule has 0 radical (unpaired) electrons. The topological polar surface area (TPSA) is 97.4 Å². The predicted molar refractivity (Wildman–Crippen MR) is 170 cm³/mol. The fourth-order valence-electron chi connectivity index (χ4n) is 4.72. The fourth-order valence-corrected chi connectivity index (χ4v) is 5.22. The molecule has 10 heteroatoms. The Labute approximate surface area is 269 Å². The van der Waals surface area contributed by atoms with Crippen molar-refractivity contribution in [3.05, 3.63) is 70.2 Å². The maximum absolute atomic E-state index is 12.8. The summed E-state index contributed by atoms with van der Waals surface area (Å²) in [7, 11) is 0. The van der Waals surface area contributed by atoms with Crippen LogP contribution in [-0.4, -0.2) is 49.9 Å². The van der Waals surface area contributed by atoms with Gasteiger partial charge in [-0.25, -0.2) is 14.4 Å². The zero-order valence-electron chi connectivity index (χ0n) is 25.3. The van der Waals surface area contributed by atoms with Crippen LogP contribution in [0.15, 0.2) is 49.1 Å². The molecule has 240 valence electrons. The molecule has 3 rings (SSSR count). The first-order chi connectivity index (χ1) is 21.3. The third-order valence-electron chi connectivity index (χ3n) is 7.22. The molecule has 0 saturated heterocycles. The lowest BCUT2D eigenvalue weighted by molar-refractivity contribution is -0.137. The molecule has 0 bridgehead atoms. The van der Waals surface area contributed by atoms with Crippen LogP contribution < -0.4 is 9.47 Å². The van der Waals surface area contributed by atoms with Gasteiger partial charge in [-0.2, -0.15) is 0 Å². The molecule has 2 aromatic rings. The normalized spacial score (nSPS) is 16.1. The number of hydrogen-bond donors (Lipinski definition) is 0. The largest absolute Gasteiger partial charge is 0.494 e. The molecule has 0 aromatic heterocycles. The summed E-state index contributed by atoms with van der Waals surface area (Å²) in [6.07, 6.45) is 9.49. The second kappa shape index (κ2) is 19.2. The summed E-state index contributed by atoms with van der Waals surface area (Å²) in [6, 6.07) is 9.91. The monoisotopic (exact) mass is 648 g/mol. The van der Waals surface area contributed by atoms with E-state index in [4.69, 9.17) is 46.9 Å². The zero-order valence-corrected chi connectivity index (χ0v) is 26.8. The molecule has 0 spiro atoms.